The van der Waals surface area contributed by atoms with Gasteiger partial charge in [0.05, 0.1) is 5.56 Å². The number of hydrogen-bond acceptors (Lipinski definition) is 5. The van der Waals surface area contributed by atoms with Crippen molar-refractivity contribution in [2.24, 2.45) is 0 Å². The van der Waals surface area contributed by atoms with E-state index in [4.69, 9.17) is 9.84 Å². The molecule has 23 heavy (non-hydrogen) atoms. The fraction of sp³-hybridized carbons (Fsp3) is 0.312. The highest BCUT2D eigenvalue weighted by molar-refractivity contribution is 7.15. The predicted octanol–water partition coefficient (Wildman–Crippen LogP) is 2.55. The van der Waals surface area contributed by atoms with Gasteiger partial charge < -0.3 is 9.84 Å². The third-order valence-corrected chi connectivity index (χ3v) is 4.47. The van der Waals surface area contributed by atoms with Gasteiger partial charge in [0.15, 0.2) is 5.13 Å². The second kappa shape index (κ2) is 6.89. The van der Waals surface area contributed by atoms with Gasteiger partial charge in [-0.3, -0.25) is 10.1 Å². The zero-order valence-corrected chi connectivity index (χ0v) is 13.1. The molecule has 1 atom stereocenters. The first kappa shape index (κ1) is 15.6. The van der Waals surface area contributed by atoms with Gasteiger partial charge in [0.2, 0.25) is 0 Å². The quantitative estimate of drug-likeness (QED) is 0.878. The van der Waals surface area contributed by atoms with Crippen LogP contribution in [-0.4, -0.2) is 34.7 Å². The third kappa shape index (κ3) is 3.94. The number of nitrogens with one attached hydrogen (secondary N) is 1. The van der Waals surface area contributed by atoms with Gasteiger partial charge in [-0.15, -0.1) is 11.3 Å². The number of anilines is 1. The number of carboxylic acids is 1. The number of aromatic nitrogens is 1. The maximum Gasteiger partial charge on any atom is 0.335 e. The third-order valence-electron chi connectivity index (χ3n) is 3.56. The Hall–Kier alpha value is -2.25. The van der Waals surface area contributed by atoms with Crippen LogP contribution >= 0.6 is 11.3 Å². The van der Waals surface area contributed by atoms with Gasteiger partial charge in [0.1, 0.15) is 6.10 Å². The van der Waals surface area contributed by atoms with E-state index in [-0.39, 0.29) is 17.6 Å². The molecule has 3 rings (SSSR count). The van der Waals surface area contributed by atoms with Crippen molar-refractivity contribution in [2.45, 2.75) is 25.4 Å². The fourth-order valence-corrected chi connectivity index (χ4v) is 3.28. The lowest BCUT2D eigenvalue weighted by molar-refractivity contribution is -0.124. The molecule has 1 amide bonds. The summed E-state index contributed by atoms with van der Waals surface area (Å²) in [6, 6.07) is 6.80. The molecule has 1 saturated heterocycles. The molecule has 2 aromatic rings. The molecule has 0 bridgehead atoms. The van der Waals surface area contributed by atoms with E-state index in [1.54, 1.807) is 24.4 Å². The first-order valence-corrected chi connectivity index (χ1v) is 8.13. The first-order valence-electron chi connectivity index (χ1n) is 7.31. The lowest BCUT2D eigenvalue weighted by Crippen LogP contribution is -2.26. The van der Waals surface area contributed by atoms with E-state index in [1.165, 1.54) is 11.3 Å². The smallest absolute Gasteiger partial charge is 0.335 e. The average Bonchev–Trinajstić information content (AvgIpc) is 3.19. The number of amides is 1. The zero-order chi connectivity index (χ0) is 16.2. The van der Waals surface area contributed by atoms with Crippen LogP contribution in [0, 0.1) is 0 Å². The largest absolute Gasteiger partial charge is 0.478 e. The van der Waals surface area contributed by atoms with Gasteiger partial charge in [0.25, 0.3) is 5.91 Å². The van der Waals surface area contributed by atoms with Crippen molar-refractivity contribution in [3.63, 3.8) is 0 Å². The topological polar surface area (TPSA) is 88.5 Å². The molecule has 120 valence electrons. The molecule has 2 heterocycles. The number of hydrogen-bond donors (Lipinski definition) is 2. The molecule has 1 fully saturated rings. The molecule has 1 aromatic carbocycles. The summed E-state index contributed by atoms with van der Waals surface area (Å²) < 4.78 is 5.33. The molecule has 0 saturated carbocycles. The summed E-state index contributed by atoms with van der Waals surface area (Å²) in [6.45, 7) is 0.626. The van der Waals surface area contributed by atoms with Gasteiger partial charge in [-0.2, -0.15) is 0 Å². The lowest BCUT2D eigenvalue weighted by Gasteiger charge is -2.07. The summed E-state index contributed by atoms with van der Waals surface area (Å²) in [6.07, 6.45) is 3.54. The molecule has 1 aromatic heterocycles. The van der Waals surface area contributed by atoms with Gasteiger partial charge in [-0.25, -0.2) is 9.78 Å². The molecule has 7 heteroatoms. The van der Waals surface area contributed by atoms with Crippen LogP contribution in [0.4, 0.5) is 5.13 Å². The zero-order valence-electron chi connectivity index (χ0n) is 12.3. The van der Waals surface area contributed by atoms with Crippen molar-refractivity contribution in [1.82, 2.24) is 4.98 Å². The number of aromatic carboxylic acids is 1. The highest BCUT2D eigenvalue weighted by atomic mass is 32.1. The van der Waals surface area contributed by atoms with E-state index in [1.807, 2.05) is 6.07 Å². The fourth-order valence-electron chi connectivity index (χ4n) is 2.43. The van der Waals surface area contributed by atoms with Crippen LogP contribution in [0.25, 0.3) is 0 Å². The summed E-state index contributed by atoms with van der Waals surface area (Å²) in [5, 5.41) is 12.3. The Labute approximate surface area is 137 Å². The minimum Gasteiger partial charge on any atom is -0.478 e. The molecule has 1 aliphatic heterocycles. The molecule has 1 aliphatic rings. The van der Waals surface area contributed by atoms with Crippen molar-refractivity contribution in [2.75, 3.05) is 11.9 Å². The van der Waals surface area contributed by atoms with E-state index in [2.05, 4.69) is 10.3 Å². The van der Waals surface area contributed by atoms with E-state index in [0.717, 1.165) is 23.3 Å². The number of benzene rings is 1. The van der Waals surface area contributed by atoms with Crippen LogP contribution in [-0.2, 0) is 16.0 Å². The lowest BCUT2D eigenvalue weighted by atomic mass is 10.1. The summed E-state index contributed by atoms with van der Waals surface area (Å²) >= 11 is 1.38. The Morgan fingerprint density at radius 3 is 3.04 bits per heavy atom. The molecule has 0 radical (unpaired) electrons. The Balaban J connectivity index is 1.64. The minimum atomic E-state index is -0.944. The van der Waals surface area contributed by atoms with Crippen molar-refractivity contribution >= 4 is 28.3 Å². The Kier molecular flexibility index (Phi) is 4.68. The number of rotatable bonds is 5. The second-order valence-electron chi connectivity index (χ2n) is 5.30. The van der Waals surface area contributed by atoms with Crippen LogP contribution in [0.2, 0.25) is 0 Å². The number of ether oxygens (including phenoxy) is 1. The second-order valence-corrected chi connectivity index (χ2v) is 6.42. The number of nitrogens with zero attached hydrogens (tertiary/aromatic N) is 1. The number of carbonyl (C=O) groups is 2. The van der Waals surface area contributed by atoms with Gasteiger partial charge >= 0.3 is 5.97 Å². The molecule has 2 N–H and O–H groups in total. The minimum absolute atomic E-state index is 0.156. The van der Waals surface area contributed by atoms with Crippen LogP contribution in [0.3, 0.4) is 0 Å². The highest BCUT2D eigenvalue weighted by Crippen LogP contribution is 2.23. The Morgan fingerprint density at radius 2 is 2.30 bits per heavy atom. The number of carboxylic acid groups (broad SMARTS) is 1. The van der Waals surface area contributed by atoms with E-state index in [9.17, 15) is 9.59 Å². The Morgan fingerprint density at radius 1 is 1.43 bits per heavy atom. The van der Waals surface area contributed by atoms with E-state index < -0.39 is 5.97 Å². The van der Waals surface area contributed by atoms with Gasteiger partial charge in [-0.1, -0.05) is 12.1 Å². The maximum absolute atomic E-state index is 12.0. The molecule has 0 spiro atoms. The van der Waals surface area contributed by atoms with Crippen molar-refractivity contribution < 1.29 is 19.4 Å². The predicted molar refractivity (Wildman–Crippen MR) is 85.9 cm³/mol. The van der Waals surface area contributed by atoms with Crippen molar-refractivity contribution in [3.05, 3.63) is 46.5 Å². The molecule has 0 aliphatic carbocycles. The van der Waals surface area contributed by atoms with Crippen molar-refractivity contribution in [3.8, 4) is 0 Å². The maximum atomic E-state index is 12.0. The summed E-state index contributed by atoms with van der Waals surface area (Å²) in [7, 11) is 0. The Bertz CT molecular complexity index is 722. The first-order chi connectivity index (χ1) is 11.1. The standard InChI is InChI=1S/C16H16N2O4S/c19-14(13-5-2-6-22-13)18-16-17-9-12(23-16)8-10-3-1-4-11(7-10)15(20)21/h1,3-4,7,9,13H,2,5-6,8H2,(H,20,21)(H,17,18,19). The van der Waals surface area contributed by atoms with Crippen LogP contribution in [0.1, 0.15) is 33.6 Å². The number of carbonyl (C=O) groups excluding carboxylic acids is 1. The van der Waals surface area contributed by atoms with Crippen LogP contribution < -0.4 is 5.32 Å². The summed E-state index contributed by atoms with van der Waals surface area (Å²) in [4.78, 5) is 28.1. The summed E-state index contributed by atoms with van der Waals surface area (Å²) in [5.74, 6) is -1.10. The van der Waals surface area contributed by atoms with Crippen LogP contribution in [0.5, 0.6) is 0 Å². The molecule has 1 unspecified atom stereocenters. The number of thiazole rings is 1. The normalized spacial score (nSPS) is 17.1. The SMILES string of the molecule is O=C(O)c1cccc(Cc2cnc(NC(=O)C3CCCO3)s2)c1. The molecular weight excluding hydrogens is 316 g/mol. The van der Waals surface area contributed by atoms with E-state index >= 15 is 0 Å². The monoisotopic (exact) mass is 332 g/mol. The van der Waals surface area contributed by atoms with Gasteiger partial charge in [0, 0.05) is 24.1 Å². The van der Waals surface area contributed by atoms with Gasteiger partial charge in [-0.05, 0) is 30.5 Å². The average molecular weight is 332 g/mol. The van der Waals surface area contributed by atoms with Crippen LogP contribution in [0.15, 0.2) is 30.5 Å². The van der Waals surface area contributed by atoms with E-state index in [0.29, 0.717) is 18.2 Å². The van der Waals surface area contributed by atoms with Crippen molar-refractivity contribution in [1.29, 1.82) is 0 Å². The highest BCUT2D eigenvalue weighted by Gasteiger charge is 2.24. The molecular formula is C16H16N2O4S. The molecule has 6 nitrogen and oxygen atoms in total. The summed E-state index contributed by atoms with van der Waals surface area (Å²) in [5.41, 5.74) is 1.16.